The van der Waals surface area contributed by atoms with Gasteiger partial charge in [-0.3, -0.25) is 20.2 Å². The molecule has 1 amide bonds. The van der Waals surface area contributed by atoms with Gasteiger partial charge in [-0.1, -0.05) is 23.7 Å². The minimum Gasteiger partial charge on any atom is -0.288 e. The predicted molar refractivity (Wildman–Crippen MR) is 96.1 cm³/mol. The highest BCUT2D eigenvalue weighted by atomic mass is 35.5. The van der Waals surface area contributed by atoms with Crippen LogP contribution in [0.2, 0.25) is 5.02 Å². The molecule has 0 aliphatic carbocycles. The second-order valence-electron chi connectivity index (χ2n) is 5.30. The Balaban J connectivity index is 1.50. The second kappa shape index (κ2) is 6.77. The first kappa shape index (κ1) is 16.0. The maximum atomic E-state index is 12.3. The number of rotatable bonds is 4. The molecule has 0 saturated carbocycles. The van der Waals surface area contributed by atoms with Crippen LogP contribution in [0.4, 0.5) is 5.95 Å². The molecule has 0 bridgehead atoms. The summed E-state index contributed by atoms with van der Waals surface area (Å²) in [6, 6.07) is 14.2. The molecule has 1 aromatic carbocycles. The van der Waals surface area contributed by atoms with Crippen LogP contribution in [0.5, 0.6) is 0 Å². The number of carbonyl (C=O) groups excluding carboxylic acids is 1. The van der Waals surface area contributed by atoms with Crippen molar-refractivity contribution >= 4 is 23.5 Å². The van der Waals surface area contributed by atoms with E-state index in [0.717, 1.165) is 5.69 Å². The maximum Gasteiger partial charge on any atom is 0.278 e. The van der Waals surface area contributed by atoms with E-state index in [1.54, 1.807) is 47.4 Å². The lowest BCUT2D eigenvalue weighted by atomic mass is 10.3. The summed E-state index contributed by atoms with van der Waals surface area (Å²) >= 11 is 5.98. The Labute approximate surface area is 152 Å². The second-order valence-corrected chi connectivity index (χ2v) is 5.74. The monoisotopic (exact) mass is 365 g/mol. The van der Waals surface area contributed by atoms with Crippen molar-refractivity contribution in [3.05, 3.63) is 71.6 Å². The van der Waals surface area contributed by atoms with Gasteiger partial charge < -0.3 is 0 Å². The number of nitrogens with one attached hydrogen (secondary N) is 2. The van der Waals surface area contributed by atoms with Crippen LogP contribution in [0.25, 0.3) is 17.2 Å². The lowest BCUT2D eigenvalue weighted by Gasteiger charge is -2.01. The van der Waals surface area contributed by atoms with Gasteiger partial charge in [-0.2, -0.15) is 10.1 Å². The normalized spacial score (nSPS) is 10.7. The van der Waals surface area contributed by atoms with Gasteiger partial charge in [0.05, 0.1) is 5.69 Å². The van der Waals surface area contributed by atoms with E-state index in [2.05, 4.69) is 30.6 Å². The van der Waals surface area contributed by atoms with Crippen LogP contribution in [-0.2, 0) is 0 Å². The number of carbonyl (C=O) groups is 1. The van der Waals surface area contributed by atoms with E-state index in [1.165, 1.54) is 0 Å². The molecule has 0 aliphatic rings. The fourth-order valence-corrected chi connectivity index (χ4v) is 2.49. The van der Waals surface area contributed by atoms with Gasteiger partial charge in [0.1, 0.15) is 5.69 Å². The van der Waals surface area contributed by atoms with Gasteiger partial charge in [-0.25, -0.2) is 4.68 Å². The van der Waals surface area contributed by atoms with E-state index in [0.29, 0.717) is 16.5 Å². The zero-order valence-corrected chi connectivity index (χ0v) is 14.1. The quantitative estimate of drug-likeness (QED) is 0.579. The van der Waals surface area contributed by atoms with Crippen molar-refractivity contribution < 1.29 is 4.79 Å². The molecule has 4 rings (SSSR count). The van der Waals surface area contributed by atoms with Gasteiger partial charge in [0.15, 0.2) is 11.5 Å². The average molecular weight is 366 g/mol. The first-order valence-electron chi connectivity index (χ1n) is 7.66. The lowest BCUT2D eigenvalue weighted by Crippen LogP contribution is -2.14. The van der Waals surface area contributed by atoms with Crippen molar-refractivity contribution in [1.29, 1.82) is 0 Å². The zero-order chi connectivity index (χ0) is 17.9. The van der Waals surface area contributed by atoms with Crippen molar-refractivity contribution in [1.82, 2.24) is 29.9 Å². The van der Waals surface area contributed by atoms with Gasteiger partial charge in [0.25, 0.3) is 5.91 Å². The Kier molecular flexibility index (Phi) is 4.16. The van der Waals surface area contributed by atoms with Gasteiger partial charge in [-0.05, 0) is 36.4 Å². The number of halogens is 1. The highest BCUT2D eigenvalue weighted by Gasteiger charge is 2.14. The first-order valence-corrected chi connectivity index (χ1v) is 8.03. The number of anilines is 1. The summed E-state index contributed by atoms with van der Waals surface area (Å²) in [5.74, 6) is 0.190. The number of aromatic amines is 1. The standard InChI is InChI=1S/C17H12ClN7O/c18-11-4-3-5-12(10-11)25-9-7-14(24-25)16(26)21-17-20-15(22-23-17)13-6-1-2-8-19-13/h1-10H,(H2,20,21,22,23,26). The highest BCUT2D eigenvalue weighted by Crippen LogP contribution is 2.15. The van der Waals surface area contributed by atoms with Crippen molar-refractivity contribution in [2.75, 3.05) is 5.32 Å². The summed E-state index contributed by atoms with van der Waals surface area (Å²) in [5.41, 5.74) is 1.62. The molecule has 0 aliphatic heterocycles. The maximum absolute atomic E-state index is 12.3. The Hall–Kier alpha value is -3.52. The number of hydrogen-bond acceptors (Lipinski definition) is 5. The van der Waals surface area contributed by atoms with E-state index in [9.17, 15) is 4.79 Å². The number of amides is 1. The molecule has 0 saturated heterocycles. The molecular formula is C17H12ClN7O. The molecule has 4 aromatic rings. The van der Waals surface area contributed by atoms with Gasteiger partial charge in [-0.15, -0.1) is 5.10 Å². The average Bonchev–Trinajstić information content (AvgIpc) is 3.32. The fraction of sp³-hybridized carbons (Fsp3) is 0. The van der Waals surface area contributed by atoms with Crippen molar-refractivity contribution in [3.63, 3.8) is 0 Å². The Bertz CT molecular complexity index is 1060. The molecule has 3 aromatic heterocycles. The predicted octanol–water partition coefficient (Wildman–Crippen LogP) is 2.96. The summed E-state index contributed by atoms with van der Waals surface area (Å²) < 4.78 is 1.57. The Morgan fingerprint density at radius 3 is 2.88 bits per heavy atom. The van der Waals surface area contributed by atoms with Gasteiger partial charge in [0, 0.05) is 17.4 Å². The highest BCUT2D eigenvalue weighted by molar-refractivity contribution is 6.30. The van der Waals surface area contributed by atoms with Crippen molar-refractivity contribution in [2.24, 2.45) is 0 Å². The topological polar surface area (TPSA) is 101 Å². The number of pyridine rings is 1. The van der Waals surface area contributed by atoms with Crippen LogP contribution in [-0.4, -0.2) is 35.9 Å². The van der Waals surface area contributed by atoms with E-state index in [4.69, 9.17) is 11.6 Å². The molecule has 0 fully saturated rings. The van der Waals surface area contributed by atoms with E-state index in [-0.39, 0.29) is 11.6 Å². The number of nitrogens with zero attached hydrogens (tertiary/aromatic N) is 5. The fourth-order valence-electron chi connectivity index (χ4n) is 2.31. The van der Waals surface area contributed by atoms with Gasteiger partial charge in [0.2, 0.25) is 5.95 Å². The minimum atomic E-state index is -0.419. The number of hydrogen-bond donors (Lipinski definition) is 2. The molecule has 8 nitrogen and oxygen atoms in total. The SMILES string of the molecule is O=C(Nc1n[nH]c(-c2ccccn2)n1)c1ccn(-c2cccc(Cl)c2)n1. The number of aromatic nitrogens is 6. The molecule has 0 spiro atoms. The summed E-state index contributed by atoms with van der Waals surface area (Å²) in [4.78, 5) is 20.7. The number of benzene rings is 1. The molecule has 0 atom stereocenters. The molecule has 0 unspecified atom stereocenters. The largest absolute Gasteiger partial charge is 0.288 e. The van der Waals surface area contributed by atoms with Crippen LogP contribution < -0.4 is 5.32 Å². The van der Waals surface area contributed by atoms with Crippen LogP contribution in [0, 0.1) is 0 Å². The Morgan fingerprint density at radius 1 is 1.15 bits per heavy atom. The van der Waals surface area contributed by atoms with E-state index < -0.39 is 5.91 Å². The third-order valence-electron chi connectivity index (χ3n) is 3.51. The van der Waals surface area contributed by atoms with Crippen LogP contribution in [0.1, 0.15) is 10.5 Å². The first-order chi connectivity index (χ1) is 12.7. The molecule has 2 N–H and O–H groups in total. The lowest BCUT2D eigenvalue weighted by molar-refractivity contribution is 0.102. The zero-order valence-electron chi connectivity index (χ0n) is 13.3. The Morgan fingerprint density at radius 2 is 2.08 bits per heavy atom. The van der Waals surface area contributed by atoms with E-state index in [1.807, 2.05) is 18.2 Å². The smallest absolute Gasteiger partial charge is 0.278 e. The van der Waals surface area contributed by atoms with Gasteiger partial charge >= 0.3 is 0 Å². The minimum absolute atomic E-state index is 0.146. The molecular weight excluding hydrogens is 354 g/mol. The summed E-state index contributed by atoms with van der Waals surface area (Å²) in [6.45, 7) is 0. The molecule has 9 heteroatoms. The third kappa shape index (κ3) is 3.31. The number of H-pyrrole nitrogens is 1. The molecule has 0 radical (unpaired) electrons. The van der Waals surface area contributed by atoms with Crippen LogP contribution in [0.15, 0.2) is 60.9 Å². The van der Waals surface area contributed by atoms with Crippen LogP contribution >= 0.6 is 11.6 Å². The summed E-state index contributed by atoms with van der Waals surface area (Å²) in [7, 11) is 0. The third-order valence-corrected chi connectivity index (χ3v) is 3.75. The van der Waals surface area contributed by atoms with Crippen molar-refractivity contribution in [3.8, 4) is 17.2 Å². The molecule has 3 heterocycles. The molecule has 128 valence electrons. The summed E-state index contributed by atoms with van der Waals surface area (Å²) in [6.07, 6.45) is 3.33. The van der Waals surface area contributed by atoms with E-state index >= 15 is 0 Å². The summed E-state index contributed by atoms with van der Waals surface area (Å²) in [5, 5.41) is 14.2. The van der Waals surface area contributed by atoms with Crippen molar-refractivity contribution in [2.45, 2.75) is 0 Å². The molecule has 26 heavy (non-hydrogen) atoms. The van der Waals surface area contributed by atoms with Crippen LogP contribution in [0.3, 0.4) is 0 Å².